The van der Waals surface area contributed by atoms with Crippen LogP contribution in [0.25, 0.3) is 0 Å². The molecule has 3 rings (SSSR count). The number of pyridine rings is 1. The van der Waals surface area contributed by atoms with Gasteiger partial charge in [0.15, 0.2) is 5.96 Å². The Hall–Kier alpha value is -1.13. The summed E-state index contributed by atoms with van der Waals surface area (Å²) in [4.78, 5) is 16.6. The molecule has 0 aliphatic carbocycles. The van der Waals surface area contributed by atoms with Crippen molar-refractivity contribution in [2.45, 2.75) is 19.9 Å². The number of likely N-dealkylation sites (N-methyl/N-ethyl adjacent to an activating group) is 1. The molecule has 1 aromatic rings. The van der Waals surface area contributed by atoms with Gasteiger partial charge in [0.05, 0.1) is 13.2 Å². The summed E-state index contributed by atoms with van der Waals surface area (Å²) in [5.74, 6) is 2.67. The number of rotatable bonds is 6. The summed E-state index contributed by atoms with van der Waals surface area (Å²) in [6.45, 7) is 10.8. The third-order valence-electron chi connectivity index (χ3n) is 5.37. The molecule has 2 fully saturated rings. The van der Waals surface area contributed by atoms with E-state index in [4.69, 9.17) is 9.73 Å². The summed E-state index contributed by atoms with van der Waals surface area (Å²) in [5, 5.41) is 3.43. The fourth-order valence-corrected chi connectivity index (χ4v) is 3.72. The van der Waals surface area contributed by atoms with Crippen LogP contribution in [0.15, 0.2) is 23.3 Å². The number of guanidine groups is 1. The molecule has 3 heterocycles. The fourth-order valence-electron chi connectivity index (χ4n) is 3.72. The van der Waals surface area contributed by atoms with E-state index >= 15 is 0 Å². The number of aromatic nitrogens is 1. The molecule has 1 aromatic heterocycles. The predicted octanol–water partition coefficient (Wildman–Crippen LogP) is 1.89. The highest BCUT2D eigenvalue weighted by molar-refractivity contribution is 14.0. The number of hydrogen-bond acceptors (Lipinski definition) is 5. The smallest absolute Gasteiger partial charge is 0.194 e. The number of methoxy groups -OCH3 is 1. The number of likely N-dealkylation sites (tertiary alicyclic amines) is 1. The van der Waals surface area contributed by atoms with Gasteiger partial charge in [-0.05, 0) is 32.0 Å². The quantitative estimate of drug-likeness (QED) is 0.365. The van der Waals surface area contributed by atoms with Gasteiger partial charge in [0, 0.05) is 65.0 Å². The average molecular weight is 502 g/mol. The van der Waals surface area contributed by atoms with Crippen molar-refractivity contribution in [2.75, 3.05) is 71.5 Å². The summed E-state index contributed by atoms with van der Waals surface area (Å²) in [6.07, 6.45) is 3.14. The topological polar surface area (TPSA) is 56.2 Å². The van der Waals surface area contributed by atoms with E-state index in [2.05, 4.69) is 51.1 Å². The highest BCUT2D eigenvalue weighted by atomic mass is 127. The lowest BCUT2D eigenvalue weighted by atomic mass is 10.1. The summed E-state index contributed by atoms with van der Waals surface area (Å²) in [7, 11) is 3.95. The van der Waals surface area contributed by atoms with E-state index in [1.54, 1.807) is 7.11 Å². The van der Waals surface area contributed by atoms with Crippen LogP contribution in [0.4, 0.5) is 5.82 Å². The van der Waals surface area contributed by atoms with Crippen LogP contribution in [0.1, 0.15) is 18.9 Å². The summed E-state index contributed by atoms with van der Waals surface area (Å²) in [5.41, 5.74) is 1.15. The standard InChI is InChI=1S/C20H34N6O.HI/c1-4-21-20(26-8-7-18(15-26)16-27-3)23-14-17-5-6-19(22-13-17)25-11-9-24(2)10-12-25;/h5-6,13,18H,4,7-12,14-16H2,1-3H3,(H,21,23);1H. The van der Waals surface area contributed by atoms with Crippen LogP contribution in [0, 0.1) is 5.92 Å². The first-order valence-corrected chi connectivity index (χ1v) is 10.1. The van der Waals surface area contributed by atoms with Crippen LogP contribution in [0.2, 0.25) is 0 Å². The lowest BCUT2D eigenvalue weighted by Crippen LogP contribution is -2.44. The number of nitrogens with zero attached hydrogens (tertiary/aromatic N) is 5. The van der Waals surface area contributed by atoms with Gasteiger partial charge in [0.1, 0.15) is 5.82 Å². The van der Waals surface area contributed by atoms with Gasteiger partial charge in [-0.25, -0.2) is 9.98 Å². The minimum Gasteiger partial charge on any atom is -0.384 e. The maximum Gasteiger partial charge on any atom is 0.194 e. The molecule has 2 aliphatic rings. The van der Waals surface area contributed by atoms with Crippen LogP contribution >= 0.6 is 24.0 Å². The van der Waals surface area contributed by atoms with E-state index in [1.807, 2.05) is 6.20 Å². The molecule has 0 aromatic carbocycles. The van der Waals surface area contributed by atoms with Crippen molar-refractivity contribution in [3.63, 3.8) is 0 Å². The van der Waals surface area contributed by atoms with Gasteiger partial charge < -0.3 is 24.8 Å². The number of aliphatic imine (C=N–C) groups is 1. The van der Waals surface area contributed by atoms with E-state index < -0.39 is 0 Å². The Morgan fingerprint density at radius 3 is 2.68 bits per heavy atom. The van der Waals surface area contributed by atoms with E-state index in [0.717, 1.165) is 69.8 Å². The first-order valence-electron chi connectivity index (χ1n) is 10.1. The van der Waals surface area contributed by atoms with Gasteiger partial charge >= 0.3 is 0 Å². The van der Waals surface area contributed by atoms with Crippen molar-refractivity contribution in [1.29, 1.82) is 0 Å². The van der Waals surface area contributed by atoms with Crippen LogP contribution in [-0.2, 0) is 11.3 Å². The zero-order chi connectivity index (χ0) is 19.1. The molecule has 2 saturated heterocycles. The first kappa shape index (κ1) is 23.2. The Balaban J connectivity index is 0.00000280. The minimum atomic E-state index is 0. The third-order valence-corrected chi connectivity index (χ3v) is 5.37. The number of anilines is 1. The van der Waals surface area contributed by atoms with Crippen molar-refractivity contribution < 1.29 is 4.74 Å². The summed E-state index contributed by atoms with van der Waals surface area (Å²) >= 11 is 0. The number of nitrogens with one attached hydrogen (secondary N) is 1. The van der Waals surface area contributed by atoms with Gasteiger partial charge in [-0.1, -0.05) is 6.07 Å². The highest BCUT2D eigenvalue weighted by Crippen LogP contribution is 2.17. The molecule has 0 amide bonds. The second-order valence-electron chi connectivity index (χ2n) is 7.54. The van der Waals surface area contributed by atoms with Crippen molar-refractivity contribution >= 4 is 35.8 Å². The van der Waals surface area contributed by atoms with Gasteiger partial charge in [0.2, 0.25) is 0 Å². The largest absolute Gasteiger partial charge is 0.384 e. The number of halogens is 1. The Morgan fingerprint density at radius 2 is 2.04 bits per heavy atom. The van der Waals surface area contributed by atoms with E-state index in [-0.39, 0.29) is 24.0 Å². The lowest BCUT2D eigenvalue weighted by molar-refractivity contribution is 0.157. The zero-order valence-corrected chi connectivity index (χ0v) is 19.8. The molecule has 2 aliphatic heterocycles. The molecule has 7 nitrogen and oxygen atoms in total. The average Bonchev–Trinajstić information content (AvgIpc) is 3.15. The van der Waals surface area contributed by atoms with Gasteiger partial charge in [-0.3, -0.25) is 0 Å². The first-order chi connectivity index (χ1) is 13.2. The molecule has 1 N–H and O–H groups in total. The number of ether oxygens (including phenoxy) is 1. The Labute approximate surface area is 186 Å². The maximum atomic E-state index is 5.31. The normalized spacial score (nSPS) is 21.0. The van der Waals surface area contributed by atoms with Gasteiger partial charge in [-0.2, -0.15) is 0 Å². The minimum absolute atomic E-state index is 0. The van der Waals surface area contributed by atoms with Crippen molar-refractivity contribution in [1.82, 2.24) is 20.1 Å². The molecule has 1 unspecified atom stereocenters. The van der Waals surface area contributed by atoms with Crippen molar-refractivity contribution in [2.24, 2.45) is 10.9 Å². The Bertz CT molecular complexity index is 603. The molecule has 0 radical (unpaired) electrons. The zero-order valence-electron chi connectivity index (χ0n) is 17.4. The molecule has 0 spiro atoms. The van der Waals surface area contributed by atoms with Gasteiger partial charge in [-0.15, -0.1) is 24.0 Å². The maximum absolute atomic E-state index is 5.31. The molecule has 0 saturated carbocycles. The predicted molar refractivity (Wildman–Crippen MR) is 126 cm³/mol. The fraction of sp³-hybridized carbons (Fsp3) is 0.700. The van der Waals surface area contributed by atoms with Crippen LogP contribution in [0.3, 0.4) is 0 Å². The third kappa shape index (κ3) is 6.45. The second kappa shape index (κ2) is 11.8. The highest BCUT2D eigenvalue weighted by Gasteiger charge is 2.24. The van der Waals surface area contributed by atoms with Crippen LogP contribution in [-0.4, -0.2) is 87.3 Å². The van der Waals surface area contributed by atoms with E-state index in [9.17, 15) is 0 Å². The molecule has 1 atom stereocenters. The Morgan fingerprint density at radius 1 is 1.25 bits per heavy atom. The van der Waals surface area contributed by atoms with Gasteiger partial charge in [0.25, 0.3) is 0 Å². The molecule has 0 bridgehead atoms. The van der Waals surface area contributed by atoms with Crippen molar-refractivity contribution in [3.05, 3.63) is 23.9 Å². The lowest BCUT2D eigenvalue weighted by Gasteiger charge is -2.33. The molecular formula is C20H35IN6O. The second-order valence-corrected chi connectivity index (χ2v) is 7.54. The molecule has 158 valence electrons. The number of hydrogen-bond donors (Lipinski definition) is 1. The molecular weight excluding hydrogens is 467 g/mol. The summed E-state index contributed by atoms with van der Waals surface area (Å²) < 4.78 is 5.31. The molecule has 8 heteroatoms. The van der Waals surface area contributed by atoms with E-state index in [1.165, 1.54) is 6.42 Å². The monoisotopic (exact) mass is 502 g/mol. The van der Waals surface area contributed by atoms with E-state index in [0.29, 0.717) is 12.5 Å². The Kier molecular flexibility index (Phi) is 9.73. The number of piperazine rings is 1. The summed E-state index contributed by atoms with van der Waals surface area (Å²) in [6, 6.07) is 4.29. The van der Waals surface area contributed by atoms with Crippen LogP contribution in [0.5, 0.6) is 0 Å². The van der Waals surface area contributed by atoms with Crippen LogP contribution < -0.4 is 10.2 Å². The SMILES string of the molecule is CCNC(=NCc1ccc(N2CCN(C)CC2)nc1)N1CCC(COC)C1.I. The van der Waals surface area contributed by atoms with Crippen molar-refractivity contribution in [3.8, 4) is 0 Å². The molecule has 28 heavy (non-hydrogen) atoms.